The Morgan fingerprint density at radius 3 is 2.69 bits per heavy atom. The molecule has 0 aliphatic heterocycles. The average Bonchev–Trinajstić information content (AvgIpc) is 2.91. The van der Waals surface area contributed by atoms with Gasteiger partial charge in [0.2, 0.25) is 0 Å². The number of nitrogens with one attached hydrogen (secondary N) is 1. The Kier molecular flexibility index (Phi) is 2.94. The van der Waals surface area contributed by atoms with Crippen LogP contribution in [-0.2, 0) is 5.41 Å². The smallest absolute Gasteiger partial charge is 0.122 e. The van der Waals surface area contributed by atoms with Gasteiger partial charge in [-0.15, -0.1) is 0 Å². The van der Waals surface area contributed by atoms with Crippen LogP contribution in [0.25, 0.3) is 0 Å². The van der Waals surface area contributed by atoms with Crippen molar-refractivity contribution in [3.8, 4) is 5.75 Å². The summed E-state index contributed by atoms with van der Waals surface area (Å²) in [5.74, 6) is 1.78. The van der Waals surface area contributed by atoms with E-state index in [0.717, 1.165) is 18.2 Å². The lowest BCUT2D eigenvalue weighted by molar-refractivity contribution is 0.410. The highest BCUT2D eigenvalue weighted by molar-refractivity contribution is 5.43. The maximum Gasteiger partial charge on any atom is 0.122 e. The van der Waals surface area contributed by atoms with Gasteiger partial charge in [0.15, 0.2) is 0 Å². The van der Waals surface area contributed by atoms with Crippen molar-refractivity contribution in [2.24, 2.45) is 5.92 Å². The number of aryl methyl sites for hydroxylation is 1. The van der Waals surface area contributed by atoms with Crippen molar-refractivity contribution < 1.29 is 4.74 Å². The molecular formula is C14H21NO. The van der Waals surface area contributed by atoms with E-state index in [0.29, 0.717) is 5.41 Å². The fraction of sp³-hybridized carbons (Fsp3) is 0.571. The summed E-state index contributed by atoms with van der Waals surface area (Å²) >= 11 is 0. The van der Waals surface area contributed by atoms with Crippen molar-refractivity contribution in [2.75, 3.05) is 20.7 Å². The molecule has 2 atom stereocenters. The van der Waals surface area contributed by atoms with Gasteiger partial charge < -0.3 is 10.1 Å². The van der Waals surface area contributed by atoms with Crippen molar-refractivity contribution in [1.82, 2.24) is 5.32 Å². The van der Waals surface area contributed by atoms with Gasteiger partial charge in [-0.1, -0.05) is 19.1 Å². The Morgan fingerprint density at radius 1 is 1.50 bits per heavy atom. The van der Waals surface area contributed by atoms with E-state index >= 15 is 0 Å². The van der Waals surface area contributed by atoms with Gasteiger partial charge in [-0.2, -0.15) is 0 Å². The third kappa shape index (κ3) is 1.71. The lowest BCUT2D eigenvalue weighted by Gasteiger charge is -2.18. The summed E-state index contributed by atoms with van der Waals surface area (Å²) < 4.78 is 5.40. The predicted octanol–water partition coefficient (Wildman–Crippen LogP) is 2.50. The van der Waals surface area contributed by atoms with E-state index in [1.54, 1.807) is 7.11 Å². The first-order valence-corrected chi connectivity index (χ1v) is 5.94. The molecule has 0 aromatic heterocycles. The summed E-state index contributed by atoms with van der Waals surface area (Å²) in [6, 6.07) is 6.62. The number of ether oxygens (including phenoxy) is 1. The van der Waals surface area contributed by atoms with Crippen LogP contribution in [0, 0.1) is 12.8 Å². The molecule has 1 fully saturated rings. The Hall–Kier alpha value is -1.02. The second-order valence-electron chi connectivity index (χ2n) is 4.98. The zero-order valence-corrected chi connectivity index (χ0v) is 10.6. The van der Waals surface area contributed by atoms with E-state index in [1.807, 2.05) is 7.05 Å². The second-order valence-corrected chi connectivity index (χ2v) is 4.98. The van der Waals surface area contributed by atoms with Crippen LogP contribution in [0.4, 0.5) is 0 Å². The lowest BCUT2D eigenvalue weighted by Crippen LogP contribution is -2.25. The first-order chi connectivity index (χ1) is 7.64. The quantitative estimate of drug-likeness (QED) is 0.840. The molecular weight excluding hydrogens is 198 g/mol. The molecule has 1 aliphatic rings. The van der Waals surface area contributed by atoms with Crippen LogP contribution in [0.3, 0.4) is 0 Å². The molecule has 0 bridgehead atoms. The molecule has 1 saturated carbocycles. The minimum atomic E-state index is 0.343. The van der Waals surface area contributed by atoms with Gasteiger partial charge in [-0.05, 0) is 43.5 Å². The van der Waals surface area contributed by atoms with Crippen molar-refractivity contribution in [3.63, 3.8) is 0 Å². The first kappa shape index (κ1) is 11.5. The molecule has 0 saturated heterocycles. The maximum absolute atomic E-state index is 5.40. The van der Waals surface area contributed by atoms with Crippen molar-refractivity contribution in [3.05, 3.63) is 29.3 Å². The second kappa shape index (κ2) is 4.10. The summed E-state index contributed by atoms with van der Waals surface area (Å²) in [4.78, 5) is 0. The number of methoxy groups -OCH3 is 1. The van der Waals surface area contributed by atoms with Crippen LogP contribution in [0.5, 0.6) is 5.75 Å². The third-order valence-electron chi connectivity index (χ3n) is 3.93. The highest BCUT2D eigenvalue weighted by atomic mass is 16.5. The van der Waals surface area contributed by atoms with E-state index in [2.05, 4.69) is 37.4 Å². The number of hydrogen-bond acceptors (Lipinski definition) is 2. The molecule has 0 amide bonds. The van der Waals surface area contributed by atoms with E-state index in [1.165, 1.54) is 17.5 Å². The van der Waals surface area contributed by atoms with Crippen LogP contribution in [-0.4, -0.2) is 20.7 Å². The summed E-state index contributed by atoms with van der Waals surface area (Å²) in [5, 5.41) is 3.31. The molecule has 88 valence electrons. The van der Waals surface area contributed by atoms with Crippen molar-refractivity contribution in [2.45, 2.75) is 25.7 Å². The van der Waals surface area contributed by atoms with Crippen LogP contribution in [0.2, 0.25) is 0 Å². The molecule has 16 heavy (non-hydrogen) atoms. The molecule has 1 aliphatic carbocycles. The van der Waals surface area contributed by atoms with Crippen LogP contribution < -0.4 is 10.1 Å². The fourth-order valence-corrected chi connectivity index (χ4v) is 2.68. The Labute approximate surface area is 98.0 Å². The maximum atomic E-state index is 5.40. The number of likely N-dealkylation sites (N-methyl/N-ethyl adjacent to an activating group) is 1. The normalized spacial score (nSPS) is 27.9. The molecule has 1 aromatic carbocycles. The highest BCUT2D eigenvalue weighted by Gasteiger charge is 2.51. The van der Waals surface area contributed by atoms with Gasteiger partial charge >= 0.3 is 0 Å². The summed E-state index contributed by atoms with van der Waals surface area (Å²) in [6.45, 7) is 5.47. The fourth-order valence-electron chi connectivity index (χ4n) is 2.68. The van der Waals surface area contributed by atoms with Crippen LogP contribution in [0.15, 0.2) is 18.2 Å². The molecule has 0 heterocycles. The topological polar surface area (TPSA) is 21.3 Å². The highest BCUT2D eigenvalue weighted by Crippen LogP contribution is 2.54. The van der Waals surface area contributed by atoms with Crippen molar-refractivity contribution >= 4 is 0 Å². The SMILES string of the molecule is CNCC1(c2ccc(C)c(OC)c2)CC1C. The van der Waals surface area contributed by atoms with Gasteiger partial charge in [0, 0.05) is 12.0 Å². The first-order valence-electron chi connectivity index (χ1n) is 5.94. The van der Waals surface area contributed by atoms with Gasteiger partial charge in [-0.25, -0.2) is 0 Å². The number of benzene rings is 1. The Balaban J connectivity index is 2.33. The summed E-state index contributed by atoms with van der Waals surface area (Å²) in [7, 11) is 3.77. The Bertz CT molecular complexity index is 388. The van der Waals surface area contributed by atoms with E-state index < -0.39 is 0 Å². The zero-order chi connectivity index (χ0) is 11.8. The largest absolute Gasteiger partial charge is 0.496 e. The van der Waals surface area contributed by atoms with Gasteiger partial charge in [0.05, 0.1) is 7.11 Å². The van der Waals surface area contributed by atoms with Crippen LogP contribution in [0.1, 0.15) is 24.5 Å². The monoisotopic (exact) mass is 219 g/mol. The summed E-state index contributed by atoms with van der Waals surface area (Å²) in [5.41, 5.74) is 2.96. The third-order valence-corrected chi connectivity index (χ3v) is 3.93. The number of rotatable bonds is 4. The lowest BCUT2D eigenvalue weighted by atomic mass is 9.92. The molecule has 2 unspecified atom stereocenters. The van der Waals surface area contributed by atoms with E-state index in [-0.39, 0.29) is 0 Å². The minimum absolute atomic E-state index is 0.343. The van der Waals surface area contributed by atoms with Gasteiger partial charge in [0.1, 0.15) is 5.75 Å². The zero-order valence-electron chi connectivity index (χ0n) is 10.6. The molecule has 2 nitrogen and oxygen atoms in total. The predicted molar refractivity (Wildman–Crippen MR) is 67.1 cm³/mol. The molecule has 2 heteroatoms. The van der Waals surface area contributed by atoms with E-state index in [9.17, 15) is 0 Å². The molecule has 1 N–H and O–H groups in total. The Morgan fingerprint density at radius 2 is 2.19 bits per heavy atom. The molecule has 0 radical (unpaired) electrons. The van der Waals surface area contributed by atoms with Gasteiger partial charge in [0.25, 0.3) is 0 Å². The minimum Gasteiger partial charge on any atom is -0.496 e. The molecule has 0 spiro atoms. The molecule has 1 aromatic rings. The van der Waals surface area contributed by atoms with Gasteiger partial charge in [-0.3, -0.25) is 0 Å². The van der Waals surface area contributed by atoms with Crippen LogP contribution >= 0.6 is 0 Å². The summed E-state index contributed by atoms with van der Waals surface area (Å²) in [6.07, 6.45) is 1.28. The van der Waals surface area contributed by atoms with E-state index in [4.69, 9.17) is 4.74 Å². The average molecular weight is 219 g/mol. The van der Waals surface area contributed by atoms with Crippen molar-refractivity contribution in [1.29, 1.82) is 0 Å². The standard InChI is InChI=1S/C14H21NO/c1-10-5-6-12(7-13(10)16-4)14(9-15-3)8-11(14)2/h5-7,11,15H,8-9H2,1-4H3. The number of hydrogen-bond donors (Lipinski definition) is 1. The molecule has 2 rings (SSSR count).